The van der Waals surface area contributed by atoms with Gasteiger partial charge in [0, 0.05) is 50.3 Å². The van der Waals surface area contributed by atoms with Crippen LogP contribution in [0.1, 0.15) is 62.0 Å². The molecule has 1 saturated carbocycles. The highest BCUT2D eigenvalue weighted by Gasteiger charge is 2.65. The lowest BCUT2D eigenvalue weighted by Gasteiger charge is -2.59. The van der Waals surface area contributed by atoms with Gasteiger partial charge in [0.15, 0.2) is 0 Å². The van der Waals surface area contributed by atoms with E-state index in [1.165, 1.54) is 24.1 Å². The quantitative estimate of drug-likeness (QED) is 0.0689. The van der Waals surface area contributed by atoms with Gasteiger partial charge in [0.05, 0.1) is 30.3 Å². The second-order valence-corrected chi connectivity index (χ2v) is 13.7. The van der Waals surface area contributed by atoms with Crippen molar-refractivity contribution in [3.05, 3.63) is 101 Å². The van der Waals surface area contributed by atoms with Gasteiger partial charge in [-0.2, -0.15) is 0 Å². The van der Waals surface area contributed by atoms with E-state index in [9.17, 15) is 25.1 Å². The number of non-ortho nitro benzene ring substituents is 1. The SMILES string of the molecule is C=CCOc1ccc2c(c1)[C@H]1[C@H](CCCCO)[C@@H](CCCCO)C=C3C(=NOCc4ccc([N+](=O)[O-])cc4)C[C@H](N(C)C(=O)OC)[C@@](OCC=C)(O2)[C@H]31. The number of nitro groups is 1. The maximum absolute atomic E-state index is 13.3. The molecule has 13 nitrogen and oxygen atoms in total. The fourth-order valence-electron chi connectivity index (χ4n) is 8.14. The molecule has 6 atom stereocenters. The maximum Gasteiger partial charge on any atom is 0.409 e. The van der Waals surface area contributed by atoms with Crippen molar-refractivity contribution in [1.82, 2.24) is 4.90 Å². The van der Waals surface area contributed by atoms with E-state index in [2.05, 4.69) is 19.2 Å². The van der Waals surface area contributed by atoms with Crippen LogP contribution in [0, 0.1) is 27.9 Å². The number of hydrogen-bond acceptors (Lipinski definition) is 11. The van der Waals surface area contributed by atoms with E-state index < -0.39 is 28.8 Å². The summed E-state index contributed by atoms with van der Waals surface area (Å²) in [5, 5.41) is 35.4. The van der Waals surface area contributed by atoms with Crippen LogP contribution < -0.4 is 9.47 Å². The summed E-state index contributed by atoms with van der Waals surface area (Å²) in [7, 11) is 2.98. The number of nitrogens with zero attached hydrogens (tertiary/aromatic N) is 3. The van der Waals surface area contributed by atoms with E-state index >= 15 is 0 Å². The number of carbonyl (C=O) groups excluding carboxylic acids is 1. The molecular formula is C40H51N3O10. The highest BCUT2D eigenvalue weighted by atomic mass is 16.7. The molecule has 0 saturated heterocycles. The average Bonchev–Trinajstić information content (AvgIpc) is 3.17. The Hall–Kier alpha value is -4.72. The van der Waals surface area contributed by atoms with Crippen LogP contribution in [0.2, 0.25) is 0 Å². The summed E-state index contributed by atoms with van der Waals surface area (Å²) in [6.45, 7) is 8.42. The molecule has 1 heterocycles. The van der Waals surface area contributed by atoms with Gasteiger partial charge in [-0.25, -0.2) is 4.79 Å². The minimum atomic E-state index is -1.40. The first-order valence-electron chi connectivity index (χ1n) is 18.2. The molecule has 2 aromatic rings. The van der Waals surface area contributed by atoms with Gasteiger partial charge in [-0.3, -0.25) is 10.1 Å². The number of oxime groups is 1. The Labute approximate surface area is 310 Å². The number of hydrogen-bond donors (Lipinski definition) is 2. The van der Waals surface area contributed by atoms with Crippen molar-refractivity contribution >= 4 is 17.5 Å². The molecule has 13 heteroatoms. The molecule has 2 aliphatic carbocycles. The predicted molar refractivity (Wildman–Crippen MR) is 199 cm³/mol. The van der Waals surface area contributed by atoms with Gasteiger partial charge in [-0.1, -0.05) is 42.8 Å². The smallest absolute Gasteiger partial charge is 0.409 e. The number of amides is 1. The first-order valence-corrected chi connectivity index (χ1v) is 18.2. The van der Waals surface area contributed by atoms with Gasteiger partial charge in [-0.15, -0.1) is 6.58 Å². The van der Waals surface area contributed by atoms with Crippen molar-refractivity contribution < 1.29 is 43.7 Å². The number of nitro benzene ring substituents is 1. The van der Waals surface area contributed by atoms with E-state index in [1.807, 2.05) is 18.2 Å². The molecule has 53 heavy (non-hydrogen) atoms. The Bertz CT molecular complexity index is 1660. The number of likely N-dealkylation sites (N-methyl/N-ethyl adjacent to an activating group) is 1. The summed E-state index contributed by atoms with van der Waals surface area (Å²) in [6, 6.07) is 11.1. The minimum Gasteiger partial charge on any atom is -0.490 e. The topological polar surface area (TPSA) is 162 Å². The molecule has 5 rings (SSSR count). The zero-order chi connectivity index (χ0) is 38.0. The number of ether oxygens (including phenoxy) is 4. The second kappa shape index (κ2) is 18.4. The van der Waals surface area contributed by atoms with E-state index in [-0.39, 0.29) is 56.3 Å². The molecule has 286 valence electrons. The summed E-state index contributed by atoms with van der Waals surface area (Å²) in [6.07, 6.45) is 9.73. The number of aliphatic hydroxyl groups excluding tert-OH is 2. The van der Waals surface area contributed by atoms with Crippen LogP contribution in [0.3, 0.4) is 0 Å². The third-order valence-electron chi connectivity index (χ3n) is 10.5. The van der Waals surface area contributed by atoms with Crippen LogP contribution in [-0.4, -0.2) is 84.3 Å². The Kier molecular flexibility index (Phi) is 13.7. The monoisotopic (exact) mass is 733 g/mol. The van der Waals surface area contributed by atoms with E-state index in [0.29, 0.717) is 42.2 Å². The molecule has 2 aromatic carbocycles. The first-order chi connectivity index (χ1) is 25.7. The molecule has 1 amide bonds. The molecule has 0 spiro atoms. The van der Waals surface area contributed by atoms with Gasteiger partial charge in [-0.05, 0) is 79.0 Å². The predicted octanol–water partition coefficient (Wildman–Crippen LogP) is 6.69. The Balaban J connectivity index is 1.71. The lowest BCUT2D eigenvalue weighted by molar-refractivity contribution is -0.384. The summed E-state index contributed by atoms with van der Waals surface area (Å²) >= 11 is 0. The van der Waals surface area contributed by atoms with Gasteiger partial charge >= 0.3 is 6.09 Å². The number of benzene rings is 2. The molecule has 0 aromatic heterocycles. The average molecular weight is 734 g/mol. The number of fused-ring (bicyclic) bond motifs is 2. The second-order valence-electron chi connectivity index (χ2n) is 13.7. The molecule has 0 unspecified atom stereocenters. The Morgan fingerprint density at radius 1 is 1.08 bits per heavy atom. The third-order valence-corrected chi connectivity index (χ3v) is 10.5. The van der Waals surface area contributed by atoms with Crippen LogP contribution in [0.5, 0.6) is 11.5 Å². The lowest BCUT2D eigenvalue weighted by Crippen LogP contribution is -2.69. The van der Waals surface area contributed by atoms with Crippen LogP contribution in [0.25, 0.3) is 0 Å². The van der Waals surface area contributed by atoms with Crippen LogP contribution in [-0.2, 0) is 20.9 Å². The zero-order valence-electron chi connectivity index (χ0n) is 30.6. The fourth-order valence-corrected chi connectivity index (χ4v) is 8.14. The zero-order valence-corrected chi connectivity index (χ0v) is 30.6. The summed E-state index contributed by atoms with van der Waals surface area (Å²) in [4.78, 5) is 31.5. The Morgan fingerprint density at radius 3 is 2.45 bits per heavy atom. The molecule has 3 aliphatic rings. The highest BCUT2D eigenvalue weighted by Crippen LogP contribution is 2.61. The Morgan fingerprint density at radius 2 is 1.79 bits per heavy atom. The third kappa shape index (κ3) is 8.58. The van der Waals surface area contributed by atoms with Crippen LogP contribution in [0.15, 0.2) is 84.6 Å². The van der Waals surface area contributed by atoms with Crippen molar-refractivity contribution in [2.45, 2.75) is 69.3 Å². The largest absolute Gasteiger partial charge is 0.490 e. The van der Waals surface area contributed by atoms with Crippen molar-refractivity contribution in [2.24, 2.45) is 22.9 Å². The minimum absolute atomic E-state index is 0.0216. The normalized spacial score (nSPS) is 24.9. The number of carbonyl (C=O) groups is 1. The number of aliphatic hydroxyl groups is 2. The number of allylic oxidation sites excluding steroid dienone is 1. The lowest BCUT2D eigenvalue weighted by atomic mass is 9.55. The van der Waals surface area contributed by atoms with Crippen molar-refractivity contribution in [1.29, 1.82) is 0 Å². The summed E-state index contributed by atoms with van der Waals surface area (Å²) < 4.78 is 25.1. The van der Waals surface area contributed by atoms with Gasteiger partial charge in [0.2, 0.25) is 5.79 Å². The van der Waals surface area contributed by atoms with E-state index in [1.54, 1.807) is 31.3 Å². The maximum atomic E-state index is 13.3. The number of rotatable bonds is 19. The van der Waals surface area contributed by atoms with Crippen molar-refractivity contribution in [3.8, 4) is 11.5 Å². The van der Waals surface area contributed by atoms with Crippen LogP contribution >= 0.6 is 0 Å². The molecular weight excluding hydrogens is 682 g/mol. The highest BCUT2D eigenvalue weighted by molar-refractivity contribution is 6.02. The van der Waals surface area contributed by atoms with Crippen LogP contribution in [0.4, 0.5) is 10.5 Å². The van der Waals surface area contributed by atoms with Gasteiger partial charge in [0.1, 0.15) is 30.8 Å². The van der Waals surface area contributed by atoms with Gasteiger partial charge < -0.3 is 38.9 Å². The van der Waals surface area contributed by atoms with Gasteiger partial charge in [0.25, 0.3) is 5.69 Å². The standard InChI is InChI=1S/C40H51N3O10/c1-5-21-50-30-17-18-35-33(24-30)37-31(12-8-10-20-45)28(11-7-9-19-44)23-32-34(41-52-26-27-13-15-29(16-14-27)43(47)48)25-36(42(3)39(46)49-4)40(53-35,38(32)37)51-22-6-2/h5-6,13-18,23-24,28,31,36-38,44-45H,1-2,7-12,19-22,25-26H2,3-4H3/t28-,31+,36-,37+,38+,40+/m0/s1. The molecule has 0 bridgehead atoms. The molecule has 1 aliphatic heterocycles. The van der Waals surface area contributed by atoms with E-state index in [0.717, 1.165) is 36.8 Å². The fraction of sp³-hybridized carbons (Fsp3) is 0.500. The van der Waals surface area contributed by atoms with Crippen molar-refractivity contribution in [3.63, 3.8) is 0 Å². The first kappa shape index (κ1) is 39.5. The van der Waals surface area contributed by atoms with E-state index in [4.69, 9.17) is 28.9 Å². The summed E-state index contributed by atoms with van der Waals surface area (Å²) in [5.74, 6) is -0.690. The van der Waals surface area contributed by atoms with Crippen molar-refractivity contribution in [2.75, 3.05) is 40.6 Å². The molecule has 2 N–H and O–H groups in total. The number of unbranched alkanes of at least 4 members (excludes halogenated alkanes) is 2. The number of methoxy groups -OCH3 is 1. The molecule has 0 radical (unpaired) electrons. The summed E-state index contributed by atoms with van der Waals surface area (Å²) in [5.41, 5.74) is 3.12. The molecule has 1 fully saturated rings.